The van der Waals surface area contributed by atoms with Crippen molar-refractivity contribution < 1.29 is 4.74 Å². The second kappa shape index (κ2) is 6.71. The number of methoxy groups -OCH3 is 1. The predicted molar refractivity (Wildman–Crippen MR) is 81.7 cm³/mol. The van der Waals surface area contributed by atoms with Gasteiger partial charge >= 0.3 is 0 Å². The van der Waals surface area contributed by atoms with Gasteiger partial charge in [0.2, 0.25) is 0 Å². The van der Waals surface area contributed by atoms with E-state index in [-0.39, 0.29) is 5.38 Å². The van der Waals surface area contributed by atoms with Crippen LogP contribution >= 0.6 is 38.9 Å². The third-order valence-corrected chi connectivity index (χ3v) is 4.77. The first-order valence-corrected chi connectivity index (χ1v) is 7.77. The fourth-order valence-electron chi connectivity index (χ4n) is 1.72. The van der Waals surface area contributed by atoms with E-state index in [1.54, 1.807) is 18.4 Å². The first-order valence-electron chi connectivity index (χ1n) is 5.66. The number of hydrogen-bond donors (Lipinski definition) is 0. The molecule has 0 spiro atoms. The number of rotatable bonds is 5. The SMILES string of the molecule is COCCc1ccc(C(Cl)c2csc(Br)c2)cc1. The average molecular weight is 346 g/mol. The summed E-state index contributed by atoms with van der Waals surface area (Å²) in [5.74, 6) is 0. The molecule has 0 aliphatic heterocycles. The molecule has 2 rings (SSSR count). The van der Waals surface area contributed by atoms with Gasteiger partial charge in [-0.1, -0.05) is 24.3 Å². The summed E-state index contributed by atoms with van der Waals surface area (Å²) in [6.45, 7) is 0.751. The second-order valence-electron chi connectivity index (χ2n) is 4.03. The maximum absolute atomic E-state index is 6.46. The van der Waals surface area contributed by atoms with Crippen LogP contribution in [0, 0.1) is 0 Å². The van der Waals surface area contributed by atoms with Gasteiger partial charge in [0.25, 0.3) is 0 Å². The highest BCUT2D eigenvalue weighted by atomic mass is 79.9. The van der Waals surface area contributed by atoms with E-state index in [0.29, 0.717) is 0 Å². The van der Waals surface area contributed by atoms with Crippen molar-refractivity contribution in [3.63, 3.8) is 0 Å². The van der Waals surface area contributed by atoms with Gasteiger partial charge in [0, 0.05) is 7.11 Å². The van der Waals surface area contributed by atoms with E-state index in [4.69, 9.17) is 16.3 Å². The fraction of sp³-hybridized carbons (Fsp3) is 0.286. The molecule has 0 N–H and O–H groups in total. The Morgan fingerprint density at radius 3 is 2.56 bits per heavy atom. The van der Waals surface area contributed by atoms with Crippen LogP contribution in [0.1, 0.15) is 22.1 Å². The summed E-state index contributed by atoms with van der Waals surface area (Å²) in [6.07, 6.45) is 0.938. The van der Waals surface area contributed by atoms with Gasteiger partial charge in [0.1, 0.15) is 0 Å². The Kier molecular flexibility index (Phi) is 5.25. The number of benzene rings is 1. The minimum absolute atomic E-state index is 0.0796. The molecule has 1 atom stereocenters. The van der Waals surface area contributed by atoms with Gasteiger partial charge in [-0.25, -0.2) is 0 Å². The summed E-state index contributed by atoms with van der Waals surface area (Å²) < 4.78 is 6.18. The molecule has 4 heteroatoms. The molecule has 1 aromatic heterocycles. The fourth-order valence-corrected chi connectivity index (χ4v) is 3.27. The number of ether oxygens (including phenoxy) is 1. The summed E-state index contributed by atoms with van der Waals surface area (Å²) >= 11 is 11.6. The molecule has 1 nitrogen and oxygen atoms in total. The topological polar surface area (TPSA) is 9.23 Å². The van der Waals surface area contributed by atoms with Gasteiger partial charge in [-0.2, -0.15) is 0 Å². The molecule has 1 heterocycles. The Bertz CT molecular complexity index is 495. The van der Waals surface area contributed by atoms with Crippen molar-refractivity contribution >= 4 is 38.9 Å². The highest BCUT2D eigenvalue weighted by Crippen LogP contribution is 2.33. The van der Waals surface area contributed by atoms with E-state index in [2.05, 4.69) is 51.6 Å². The third kappa shape index (κ3) is 3.58. The van der Waals surface area contributed by atoms with Crippen LogP contribution in [0.3, 0.4) is 0 Å². The molecule has 1 aromatic carbocycles. The zero-order chi connectivity index (χ0) is 13.0. The van der Waals surface area contributed by atoms with Crippen LogP contribution in [-0.2, 0) is 11.2 Å². The van der Waals surface area contributed by atoms with Crippen molar-refractivity contribution in [1.29, 1.82) is 0 Å². The van der Waals surface area contributed by atoms with Crippen molar-refractivity contribution in [3.05, 3.63) is 56.2 Å². The van der Waals surface area contributed by atoms with Crippen LogP contribution in [0.4, 0.5) is 0 Å². The van der Waals surface area contributed by atoms with E-state index in [0.717, 1.165) is 27.9 Å². The largest absolute Gasteiger partial charge is 0.384 e. The Hall–Kier alpha value is -0.350. The Morgan fingerprint density at radius 2 is 2.00 bits per heavy atom. The van der Waals surface area contributed by atoms with Crippen LogP contribution in [0.5, 0.6) is 0 Å². The molecular formula is C14H14BrClOS. The summed E-state index contributed by atoms with van der Waals surface area (Å²) in [5, 5.41) is 2.00. The third-order valence-electron chi connectivity index (χ3n) is 2.75. The summed E-state index contributed by atoms with van der Waals surface area (Å²) in [6, 6.07) is 10.5. The minimum Gasteiger partial charge on any atom is -0.384 e. The van der Waals surface area contributed by atoms with E-state index < -0.39 is 0 Å². The van der Waals surface area contributed by atoms with Crippen molar-refractivity contribution in [2.24, 2.45) is 0 Å². The van der Waals surface area contributed by atoms with Crippen molar-refractivity contribution in [3.8, 4) is 0 Å². The lowest BCUT2D eigenvalue weighted by Crippen LogP contribution is -1.96. The molecule has 0 aliphatic carbocycles. The standard InChI is InChI=1S/C14H14BrClOS/c1-17-7-6-10-2-4-11(5-3-10)14(16)12-8-13(15)18-9-12/h2-5,8-9,14H,6-7H2,1H3. The summed E-state index contributed by atoms with van der Waals surface area (Å²) in [7, 11) is 1.72. The lowest BCUT2D eigenvalue weighted by Gasteiger charge is -2.09. The molecule has 0 aliphatic rings. The lowest BCUT2D eigenvalue weighted by atomic mass is 10.0. The monoisotopic (exact) mass is 344 g/mol. The summed E-state index contributed by atoms with van der Waals surface area (Å²) in [5.41, 5.74) is 3.54. The van der Waals surface area contributed by atoms with E-state index >= 15 is 0 Å². The molecule has 96 valence electrons. The second-order valence-corrected chi connectivity index (χ2v) is 6.76. The predicted octanol–water partition coefficient (Wildman–Crippen LogP) is 5.03. The first kappa shape index (κ1) is 14.1. The Balaban J connectivity index is 2.09. The Morgan fingerprint density at radius 1 is 1.28 bits per heavy atom. The van der Waals surface area contributed by atoms with Crippen molar-refractivity contribution in [1.82, 2.24) is 0 Å². The molecular weight excluding hydrogens is 332 g/mol. The molecule has 0 fully saturated rings. The van der Waals surface area contributed by atoms with E-state index in [9.17, 15) is 0 Å². The smallest absolute Gasteiger partial charge is 0.0843 e. The molecule has 0 radical (unpaired) electrons. The summed E-state index contributed by atoms with van der Waals surface area (Å²) in [4.78, 5) is 0. The Labute approximate surface area is 125 Å². The molecule has 0 amide bonds. The van der Waals surface area contributed by atoms with Crippen LogP contribution in [0.2, 0.25) is 0 Å². The number of hydrogen-bond acceptors (Lipinski definition) is 2. The maximum Gasteiger partial charge on any atom is 0.0843 e. The van der Waals surface area contributed by atoms with Gasteiger partial charge < -0.3 is 4.74 Å². The zero-order valence-corrected chi connectivity index (χ0v) is 13.2. The van der Waals surface area contributed by atoms with Gasteiger partial charge in [-0.15, -0.1) is 22.9 Å². The quantitative estimate of drug-likeness (QED) is 0.691. The number of halogens is 2. The average Bonchev–Trinajstić information content (AvgIpc) is 2.83. The van der Waals surface area contributed by atoms with Gasteiger partial charge in [0.15, 0.2) is 0 Å². The number of alkyl halides is 1. The van der Waals surface area contributed by atoms with E-state index in [1.807, 2.05) is 0 Å². The van der Waals surface area contributed by atoms with Crippen LogP contribution in [0.15, 0.2) is 39.5 Å². The van der Waals surface area contributed by atoms with Crippen molar-refractivity contribution in [2.75, 3.05) is 13.7 Å². The molecule has 2 aromatic rings. The van der Waals surface area contributed by atoms with Crippen LogP contribution in [-0.4, -0.2) is 13.7 Å². The maximum atomic E-state index is 6.46. The first-order chi connectivity index (χ1) is 8.70. The lowest BCUT2D eigenvalue weighted by molar-refractivity contribution is 0.202. The zero-order valence-electron chi connectivity index (χ0n) is 10.0. The van der Waals surface area contributed by atoms with Gasteiger partial charge in [-0.05, 0) is 50.5 Å². The normalized spacial score (nSPS) is 12.6. The van der Waals surface area contributed by atoms with Crippen molar-refractivity contribution in [2.45, 2.75) is 11.8 Å². The molecule has 1 unspecified atom stereocenters. The number of thiophene rings is 1. The van der Waals surface area contributed by atoms with E-state index in [1.165, 1.54) is 5.56 Å². The minimum atomic E-state index is -0.0796. The van der Waals surface area contributed by atoms with Crippen LogP contribution in [0.25, 0.3) is 0 Å². The molecule has 0 saturated carbocycles. The van der Waals surface area contributed by atoms with Gasteiger partial charge in [-0.3, -0.25) is 0 Å². The van der Waals surface area contributed by atoms with Gasteiger partial charge in [0.05, 0.1) is 15.8 Å². The molecule has 0 saturated heterocycles. The highest BCUT2D eigenvalue weighted by molar-refractivity contribution is 9.11. The molecule has 0 bridgehead atoms. The highest BCUT2D eigenvalue weighted by Gasteiger charge is 2.12. The molecule has 18 heavy (non-hydrogen) atoms. The van der Waals surface area contributed by atoms with Crippen LogP contribution < -0.4 is 0 Å².